The number of rotatable bonds is 3. The number of benzene rings is 5. The van der Waals surface area contributed by atoms with E-state index in [1.54, 1.807) is 0 Å². The maximum Gasteiger partial charge on any atom is 0.147 e. The first-order valence-electron chi connectivity index (χ1n) is 15.8. The summed E-state index contributed by atoms with van der Waals surface area (Å²) in [7, 11) is 0. The van der Waals surface area contributed by atoms with Crippen LogP contribution in [-0.4, -0.2) is 19.4 Å². The third-order valence-electron chi connectivity index (χ3n) is 9.59. The first kappa shape index (κ1) is 25.9. The van der Waals surface area contributed by atoms with Gasteiger partial charge in [-0.15, -0.1) is 0 Å². The largest absolute Gasteiger partial charge is 0.457 e. The van der Waals surface area contributed by atoms with Crippen molar-refractivity contribution in [1.29, 1.82) is 0 Å². The van der Waals surface area contributed by atoms with E-state index in [4.69, 9.17) is 19.7 Å². The van der Waals surface area contributed by atoms with Crippen molar-refractivity contribution in [3.05, 3.63) is 180 Å². The molecular formula is C42H26N4O. The van der Waals surface area contributed by atoms with E-state index in [2.05, 4.69) is 114 Å². The van der Waals surface area contributed by atoms with Crippen LogP contribution in [0.1, 0.15) is 22.3 Å². The molecule has 0 amide bonds. The molecule has 5 nitrogen and oxygen atoms in total. The Morgan fingerprint density at radius 1 is 0.532 bits per heavy atom. The molecule has 0 spiro atoms. The summed E-state index contributed by atoms with van der Waals surface area (Å²) in [5.41, 5.74) is 10.7. The number of aromatic nitrogens is 4. The second-order valence-electron chi connectivity index (χ2n) is 12.0. The van der Waals surface area contributed by atoms with E-state index >= 15 is 0 Å². The van der Waals surface area contributed by atoms with E-state index in [-0.39, 0.29) is 0 Å². The third kappa shape index (κ3) is 3.62. The van der Waals surface area contributed by atoms with Crippen molar-refractivity contribution in [2.24, 2.45) is 0 Å². The summed E-state index contributed by atoms with van der Waals surface area (Å²) in [6.07, 6.45) is 3.72. The van der Waals surface area contributed by atoms with Crippen LogP contribution in [0.25, 0.3) is 49.7 Å². The van der Waals surface area contributed by atoms with Gasteiger partial charge in [-0.3, -0.25) is 14.4 Å². The van der Waals surface area contributed by atoms with Gasteiger partial charge in [0.2, 0.25) is 0 Å². The van der Waals surface area contributed by atoms with Gasteiger partial charge in [-0.05, 0) is 77.9 Å². The summed E-state index contributed by atoms with van der Waals surface area (Å²) < 4.78 is 8.88. The molecule has 5 aromatic carbocycles. The number of hydrogen-bond donors (Lipinski definition) is 0. The molecule has 0 saturated carbocycles. The molecule has 220 valence electrons. The fraction of sp³-hybridized carbons (Fsp3) is 0.0238. The maximum atomic E-state index is 6.61. The fourth-order valence-electron chi connectivity index (χ4n) is 7.63. The van der Waals surface area contributed by atoms with Crippen molar-refractivity contribution in [2.75, 3.05) is 0 Å². The molecule has 5 heterocycles. The molecule has 0 fully saturated rings. The molecule has 0 saturated heterocycles. The van der Waals surface area contributed by atoms with Gasteiger partial charge in [0.25, 0.3) is 0 Å². The number of imidazole rings is 1. The average Bonchev–Trinajstić information content (AvgIpc) is 3.54. The molecule has 4 aromatic heterocycles. The van der Waals surface area contributed by atoms with Gasteiger partial charge in [-0.1, -0.05) is 78.9 Å². The summed E-state index contributed by atoms with van der Waals surface area (Å²) in [6.45, 7) is 0. The Labute approximate surface area is 270 Å². The lowest BCUT2D eigenvalue weighted by molar-refractivity contribution is 0.434. The highest BCUT2D eigenvalue weighted by Crippen LogP contribution is 2.56. The van der Waals surface area contributed by atoms with Gasteiger partial charge in [0, 0.05) is 39.9 Å². The predicted molar refractivity (Wildman–Crippen MR) is 187 cm³/mol. The predicted octanol–water partition coefficient (Wildman–Crippen LogP) is 9.74. The minimum absolute atomic E-state index is 0.697. The van der Waals surface area contributed by atoms with Gasteiger partial charge in [-0.2, -0.15) is 0 Å². The lowest BCUT2D eigenvalue weighted by Crippen LogP contribution is -2.34. The van der Waals surface area contributed by atoms with Crippen LogP contribution in [0.3, 0.4) is 0 Å². The quantitative estimate of drug-likeness (QED) is 0.189. The standard InChI is InChI=1S/C42H26N4O/c1-5-19-38-32(14-1)42(33-15-2-6-20-39(33)47-38,28-12-9-11-27(25-28)34-16-7-8-23-43-34)29-21-22-36-31(26-29)40-30(13-10-24-44-40)41-45-35-17-3-4-18-37(35)46(36)41/h1-26H. The topological polar surface area (TPSA) is 52.3 Å². The molecule has 0 radical (unpaired) electrons. The van der Waals surface area contributed by atoms with Crippen LogP contribution in [0.5, 0.6) is 11.5 Å². The second-order valence-corrected chi connectivity index (χ2v) is 12.0. The average molecular weight is 603 g/mol. The zero-order valence-electron chi connectivity index (χ0n) is 25.2. The van der Waals surface area contributed by atoms with Crippen molar-refractivity contribution in [3.63, 3.8) is 0 Å². The molecule has 0 atom stereocenters. The summed E-state index contributed by atoms with van der Waals surface area (Å²) in [5.74, 6) is 1.68. The zero-order valence-corrected chi connectivity index (χ0v) is 25.2. The molecule has 0 unspecified atom stereocenters. The smallest absolute Gasteiger partial charge is 0.147 e. The van der Waals surface area contributed by atoms with Gasteiger partial charge < -0.3 is 4.74 Å². The first-order chi connectivity index (χ1) is 23.3. The Bertz CT molecular complexity index is 2630. The monoisotopic (exact) mass is 602 g/mol. The Kier molecular flexibility index (Phi) is 5.43. The van der Waals surface area contributed by atoms with Crippen LogP contribution in [-0.2, 0) is 5.41 Å². The molecule has 47 heavy (non-hydrogen) atoms. The number of hydrogen-bond acceptors (Lipinski definition) is 4. The van der Waals surface area contributed by atoms with Crippen LogP contribution < -0.4 is 4.74 Å². The summed E-state index contributed by atoms with van der Waals surface area (Å²) >= 11 is 0. The van der Waals surface area contributed by atoms with E-state index in [9.17, 15) is 0 Å². The number of pyridine rings is 3. The molecule has 1 aliphatic rings. The number of fused-ring (bicyclic) bond motifs is 10. The van der Waals surface area contributed by atoms with Gasteiger partial charge in [-0.25, -0.2) is 4.98 Å². The highest BCUT2D eigenvalue weighted by atomic mass is 16.5. The van der Waals surface area contributed by atoms with Crippen molar-refractivity contribution in [2.45, 2.75) is 5.41 Å². The minimum atomic E-state index is -0.697. The zero-order chi connectivity index (χ0) is 31.0. The molecule has 0 aliphatic carbocycles. The van der Waals surface area contributed by atoms with Crippen molar-refractivity contribution in [3.8, 4) is 22.8 Å². The van der Waals surface area contributed by atoms with E-state index in [0.717, 1.165) is 83.5 Å². The summed E-state index contributed by atoms with van der Waals surface area (Å²) in [6, 6.07) is 51.0. The van der Waals surface area contributed by atoms with Crippen LogP contribution in [0, 0.1) is 0 Å². The second kappa shape index (κ2) is 9.83. The lowest BCUT2D eigenvalue weighted by atomic mass is 9.63. The van der Waals surface area contributed by atoms with Crippen LogP contribution in [0.15, 0.2) is 158 Å². The van der Waals surface area contributed by atoms with E-state index in [0.29, 0.717) is 0 Å². The number of ether oxygens (including phenoxy) is 1. The Hall–Kier alpha value is -6.33. The molecule has 10 rings (SSSR count). The van der Waals surface area contributed by atoms with E-state index < -0.39 is 5.41 Å². The van der Waals surface area contributed by atoms with Crippen molar-refractivity contribution < 1.29 is 4.74 Å². The van der Waals surface area contributed by atoms with Crippen molar-refractivity contribution >= 4 is 38.5 Å². The highest BCUT2D eigenvalue weighted by molar-refractivity contribution is 6.12. The first-order valence-corrected chi connectivity index (χ1v) is 15.8. The van der Waals surface area contributed by atoms with Crippen LogP contribution in [0.2, 0.25) is 0 Å². The van der Waals surface area contributed by atoms with Crippen molar-refractivity contribution in [1.82, 2.24) is 19.4 Å². The van der Waals surface area contributed by atoms with Gasteiger partial charge in [0.15, 0.2) is 0 Å². The minimum Gasteiger partial charge on any atom is -0.457 e. The van der Waals surface area contributed by atoms with Gasteiger partial charge in [0.05, 0.1) is 33.2 Å². The molecule has 0 N–H and O–H groups in total. The van der Waals surface area contributed by atoms with Gasteiger partial charge >= 0.3 is 0 Å². The third-order valence-corrected chi connectivity index (χ3v) is 9.59. The Morgan fingerprint density at radius 2 is 1.28 bits per heavy atom. The highest BCUT2D eigenvalue weighted by Gasteiger charge is 2.45. The van der Waals surface area contributed by atoms with E-state index in [1.807, 2.05) is 48.8 Å². The number of nitrogens with zero attached hydrogens (tertiary/aromatic N) is 4. The molecule has 9 aromatic rings. The Balaban J connectivity index is 1.37. The summed E-state index contributed by atoms with van der Waals surface area (Å²) in [5, 5.41) is 2.09. The van der Waals surface area contributed by atoms with Gasteiger partial charge in [0.1, 0.15) is 17.1 Å². The van der Waals surface area contributed by atoms with Crippen LogP contribution >= 0.6 is 0 Å². The molecule has 5 heteroatoms. The number of para-hydroxylation sites is 4. The summed E-state index contributed by atoms with van der Waals surface area (Å²) in [4.78, 5) is 14.7. The maximum absolute atomic E-state index is 6.61. The van der Waals surface area contributed by atoms with E-state index in [1.165, 1.54) is 0 Å². The normalized spacial score (nSPS) is 13.4. The SMILES string of the molecule is c1ccc(-c2cccc(C3(c4ccc5c(c4)c4ncccc4c4nc6ccccc6n54)c4ccccc4Oc4ccccc43)c2)nc1. The van der Waals surface area contributed by atoms with Crippen LogP contribution in [0.4, 0.5) is 0 Å². The lowest BCUT2D eigenvalue weighted by Gasteiger charge is -2.41. The molecular weight excluding hydrogens is 576 g/mol. The fourth-order valence-corrected chi connectivity index (χ4v) is 7.63. The Morgan fingerprint density at radius 3 is 2.11 bits per heavy atom. The molecule has 1 aliphatic heterocycles. The molecule has 0 bridgehead atoms.